The fourth-order valence-electron chi connectivity index (χ4n) is 1.79. The Kier molecular flexibility index (Phi) is 4.39. The first kappa shape index (κ1) is 13.1. The summed E-state index contributed by atoms with van der Waals surface area (Å²) < 4.78 is 6.14. The zero-order valence-corrected chi connectivity index (χ0v) is 11.7. The number of halogens is 1. The predicted octanol–water partition coefficient (Wildman–Crippen LogP) is 3.73. The van der Waals surface area contributed by atoms with Crippen LogP contribution in [0.3, 0.4) is 0 Å². The minimum atomic E-state index is -0.489. The lowest BCUT2D eigenvalue weighted by Crippen LogP contribution is -2.01. The molecule has 0 heterocycles. The largest absolute Gasteiger partial charge is 0.497 e. The van der Waals surface area contributed by atoms with Gasteiger partial charge in [-0.25, -0.2) is 0 Å². The number of benzene rings is 2. The van der Waals surface area contributed by atoms with E-state index in [9.17, 15) is 5.11 Å². The molecule has 0 aliphatic rings. The van der Waals surface area contributed by atoms with Crippen LogP contribution in [-0.2, 0) is 6.42 Å². The average molecular weight is 307 g/mol. The molecule has 0 unspecified atom stereocenters. The molecule has 0 radical (unpaired) electrons. The summed E-state index contributed by atoms with van der Waals surface area (Å²) in [6.45, 7) is 0. The lowest BCUT2D eigenvalue weighted by Gasteiger charge is -2.11. The summed E-state index contributed by atoms with van der Waals surface area (Å²) in [5.74, 6) is 0.801. The minimum Gasteiger partial charge on any atom is -0.497 e. The van der Waals surface area contributed by atoms with Gasteiger partial charge in [0, 0.05) is 10.9 Å². The van der Waals surface area contributed by atoms with Crippen LogP contribution in [0, 0.1) is 0 Å². The molecule has 1 atom stereocenters. The molecule has 0 spiro atoms. The number of hydrogen-bond donors (Lipinski definition) is 1. The van der Waals surface area contributed by atoms with Crippen molar-refractivity contribution in [3.63, 3.8) is 0 Å². The fraction of sp³-hybridized carbons (Fsp3) is 0.200. The highest BCUT2D eigenvalue weighted by molar-refractivity contribution is 9.10. The molecular formula is C15H15BrO2. The molecule has 2 nitrogen and oxygen atoms in total. The standard InChI is InChI=1S/C15H15BrO2/c1-18-14-8-4-12(5-9-14)15(17)10-11-2-6-13(16)7-3-11/h2-9,15,17H,10H2,1H3/t15-/m0/s1. The van der Waals surface area contributed by atoms with Crippen LogP contribution in [0.1, 0.15) is 17.2 Å². The lowest BCUT2D eigenvalue weighted by atomic mass is 10.0. The first-order chi connectivity index (χ1) is 8.69. The first-order valence-corrected chi connectivity index (χ1v) is 6.55. The van der Waals surface area contributed by atoms with Crippen molar-refractivity contribution in [2.45, 2.75) is 12.5 Å². The Hall–Kier alpha value is -1.32. The molecule has 2 rings (SSSR count). The molecule has 0 aromatic heterocycles. The zero-order valence-electron chi connectivity index (χ0n) is 10.1. The van der Waals surface area contributed by atoms with Gasteiger partial charge in [-0.3, -0.25) is 0 Å². The Morgan fingerprint density at radius 1 is 1.06 bits per heavy atom. The minimum absolute atomic E-state index is 0.489. The molecule has 94 valence electrons. The maximum absolute atomic E-state index is 10.2. The second kappa shape index (κ2) is 6.03. The smallest absolute Gasteiger partial charge is 0.118 e. The number of ether oxygens (including phenoxy) is 1. The third kappa shape index (κ3) is 3.34. The zero-order chi connectivity index (χ0) is 13.0. The maximum atomic E-state index is 10.2. The normalized spacial score (nSPS) is 12.2. The van der Waals surface area contributed by atoms with Gasteiger partial charge in [0.05, 0.1) is 13.2 Å². The highest BCUT2D eigenvalue weighted by Crippen LogP contribution is 2.21. The highest BCUT2D eigenvalue weighted by Gasteiger charge is 2.08. The van der Waals surface area contributed by atoms with Gasteiger partial charge in [-0.1, -0.05) is 40.2 Å². The van der Waals surface area contributed by atoms with Crippen molar-refractivity contribution in [1.82, 2.24) is 0 Å². The Balaban J connectivity index is 2.06. The van der Waals surface area contributed by atoms with E-state index in [1.54, 1.807) is 7.11 Å². The topological polar surface area (TPSA) is 29.5 Å². The monoisotopic (exact) mass is 306 g/mol. The molecule has 0 saturated heterocycles. The van der Waals surface area contributed by atoms with Gasteiger partial charge < -0.3 is 9.84 Å². The number of rotatable bonds is 4. The summed E-state index contributed by atoms with van der Waals surface area (Å²) in [5, 5.41) is 10.2. The van der Waals surface area contributed by atoms with E-state index in [2.05, 4.69) is 15.9 Å². The highest BCUT2D eigenvalue weighted by atomic mass is 79.9. The summed E-state index contributed by atoms with van der Waals surface area (Å²) in [5.41, 5.74) is 2.01. The molecular weight excluding hydrogens is 292 g/mol. The van der Waals surface area contributed by atoms with Gasteiger partial charge in [0.25, 0.3) is 0 Å². The molecule has 2 aromatic rings. The van der Waals surface area contributed by atoms with E-state index < -0.39 is 6.10 Å². The van der Waals surface area contributed by atoms with Crippen molar-refractivity contribution in [2.24, 2.45) is 0 Å². The quantitative estimate of drug-likeness (QED) is 0.932. The maximum Gasteiger partial charge on any atom is 0.118 e. The number of methoxy groups -OCH3 is 1. The molecule has 0 saturated carbocycles. The predicted molar refractivity (Wildman–Crippen MR) is 75.8 cm³/mol. The molecule has 0 aliphatic carbocycles. The molecule has 2 aromatic carbocycles. The molecule has 18 heavy (non-hydrogen) atoms. The molecule has 3 heteroatoms. The summed E-state index contributed by atoms with van der Waals surface area (Å²) in [7, 11) is 1.63. The van der Waals surface area contributed by atoms with Crippen LogP contribution in [0.2, 0.25) is 0 Å². The fourth-order valence-corrected chi connectivity index (χ4v) is 2.05. The van der Waals surface area contributed by atoms with E-state index in [1.807, 2.05) is 48.5 Å². The molecule has 0 aliphatic heterocycles. The van der Waals surface area contributed by atoms with Crippen LogP contribution < -0.4 is 4.74 Å². The van der Waals surface area contributed by atoms with Gasteiger partial charge >= 0.3 is 0 Å². The van der Waals surface area contributed by atoms with Gasteiger partial charge in [-0.2, -0.15) is 0 Å². The molecule has 0 fully saturated rings. The number of aliphatic hydroxyl groups is 1. The summed E-state index contributed by atoms with van der Waals surface area (Å²) in [6, 6.07) is 15.5. The van der Waals surface area contributed by atoms with E-state index in [1.165, 1.54) is 0 Å². The van der Waals surface area contributed by atoms with Crippen LogP contribution in [0.4, 0.5) is 0 Å². The van der Waals surface area contributed by atoms with Gasteiger partial charge in [0.1, 0.15) is 5.75 Å². The second-order valence-corrected chi connectivity index (χ2v) is 5.04. The Morgan fingerprint density at radius 2 is 1.67 bits per heavy atom. The lowest BCUT2D eigenvalue weighted by molar-refractivity contribution is 0.178. The van der Waals surface area contributed by atoms with E-state index >= 15 is 0 Å². The number of aliphatic hydroxyl groups excluding tert-OH is 1. The van der Waals surface area contributed by atoms with E-state index in [0.717, 1.165) is 21.3 Å². The Morgan fingerprint density at radius 3 is 2.22 bits per heavy atom. The van der Waals surface area contributed by atoms with Gasteiger partial charge in [-0.05, 0) is 35.4 Å². The van der Waals surface area contributed by atoms with Crippen molar-refractivity contribution in [3.05, 3.63) is 64.1 Å². The van der Waals surface area contributed by atoms with Crippen LogP contribution in [0.15, 0.2) is 53.0 Å². The molecule has 0 amide bonds. The van der Waals surface area contributed by atoms with Gasteiger partial charge in [0.2, 0.25) is 0 Å². The third-order valence-electron chi connectivity index (χ3n) is 2.84. The summed E-state index contributed by atoms with van der Waals surface area (Å²) >= 11 is 3.40. The van der Waals surface area contributed by atoms with Crippen LogP contribution in [0.5, 0.6) is 5.75 Å². The Bertz CT molecular complexity index is 491. The van der Waals surface area contributed by atoms with E-state index in [4.69, 9.17) is 4.74 Å². The first-order valence-electron chi connectivity index (χ1n) is 5.75. The van der Waals surface area contributed by atoms with Crippen molar-refractivity contribution in [2.75, 3.05) is 7.11 Å². The third-order valence-corrected chi connectivity index (χ3v) is 3.37. The second-order valence-electron chi connectivity index (χ2n) is 4.12. The summed E-state index contributed by atoms with van der Waals surface area (Å²) in [6.07, 6.45) is 0.122. The van der Waals surface area contributed by atoms with Gasteiger partial charge in [-0.15, -0.1) is 0 Å². The molecule has 1 N–H and O–H groups in total. The van der Waals surface area contributed by atoms with Crippen molar-refractivity contribution in [1.29, 1.82) is 0 Å². The van der Waals surface area contributed by atoms with E-state index in [0.29, 0.717) is 6.42 Å². The van der Waals surface area contributed by atoms with Gasteiger partial charge in [0.15, 0.2) is 0 Å². The van der Waals surface area contributed by atoms with Crippen LogP contribution >= 0.6 is 15.9 Å². The summed E-state index contributed by atoms with van der Waals surface area (Å²) in [4.78, 5) is 0. The Labute approximate surface area is 115 Å². The van der Waals surface area contributed by atoms with E-state index in [-0.39, 0.29) is 0 Å². The SMILES string of the molecule is COc1ccc([C@@H](O)Cc2ccc(Br)cc2)cc1. The average Bonchev–Trinajstić information content (AvgIpc) is 2.41. The van der Waals surface area contributed by atoms with Crippen molar-refractivity contribution < 1.29 is 9.84 Å². The number of hydrogen-bond acceptors (Lipinski definition) is 2. The molecule has 0 bridgehead atoms. The van der Waals surface area contributed by atoms with Crippen molar-refractivity contribution >= 4 is 15.9 Å². The van der Waals surface area contributed by atoms with Crippen LogP contribution in [0.25, 0.3) is 0 Å². The van der Waals surface area contributed by atoms with Crippen molar-refractivity contribution in [3.8, 4) is 5.75 Å². The van der Waals surface area contributed by atoms with Crippen LogP contribution in [-0.4, -0.2) is 12.2 Å².